The van der Waals surface area contributed by atoms with Crippen LogP contribution < -0.4 is 15.7 Å². The molecule has 3 aromatic rings. The number of carbonyl (C=O) groups is 2. The van der Waals surface area contributed by atoms with Crippen LogP contribution >= 0.6 is 0 Å². The van der Waals surface area contributed by atoms with Crippen molar-refractivity contribution in [3.05, 3.63) is 45.9 Å². The fraction of sp³-hybridized carbons (Fsp3) is 0.629. The van der Waals surface area contributed by atoms with Crippen LogP contribution in [0, 0.1) is 0 Å². The average Bonchev–Trinajstić information content (AvgIpc) is 3.40. The fourth-order valence-corrected chi connectivity index (χ4v) is 5.97. The number of H-pyrrole nitrogens is 1. The molecule has 49 heavy (non-hydrogen) atoms. The number of aromatic amines is 1. The Kier molecular flexibility index (Phi) is 15.6. The van der Waals surface area contributed by atoms with E-state index < -0.39 is 5.69 Å². The number of imidazole rings is 1. The van der Waals surface area contributed by atoms with Crippen molar-refractivity contribution in [3.8, 4) is 6.01 Å². The Bertz CT molecular complexity index is 1500. The lowest BCUT2D eigenvalue weighted by atomic mass is 10.1. The molecule has 1 fully saturated rings. The number of benzene rings is 1. The number of ether oxygens (including phenoxy) is 2. The molecular formula is C35H55N9O5. The number of anilines is 1. The summed E-state index contributed by atoms with van der Waals surface area (Å²) in [6, 6.07) is 6.98. The van der Waals surface area contributed by atoms with E-state index in [9.17, 15) is 14.4 Å². The molecule has 1 amide bonds. The molecule has 0 bridgehead atoms. The maximum absolute atomic E-state index is 13.0. The first-order chi connectivity index (χ1) is 23.7. The van der Waals surface area contributed by atoms with E-state index in [0.717, 1.165) is 70.4 Å². The van der Waals surface area contributed by atoms with E-state index in [1.807, 2.05) is 0 Å². The predicted molar refractivity (Wildman–Crippen MR) is 192 cm³/mol. The zero-order chi connectivity index (χ0) is 35.0. The summed E-state index contributed by atoms with van der Waals surface area (Å²) < 4.78 is 12.2. The number of nitrogens with zero attached hydrogens (tertiary/aromatic N) is 7. The van der Waals surface area contributed by atoms with Crippen LogP contribution in [0.15, 0.2) is 29.1 Å². The molecule has 0 atom stereocenters. The van der Waals surface area contributed by atoms with Gasteiger partial charge in [0.05, 0.1) is 13.2 Å². The quantitative estimate of drug-likeness (QED) is 0.119. The number of amides is 1. The molecule has 14 heteroatoms. The number of piperazine rings is 1. The van der Waals surface area contributed by atoms with Crippen LogP contribution in [0.25, 0.3) is 11.2 Å². The van der Waals surface area contributed by atoms with Crippen molar-refractivity contribution in [2.24, 2.45) is 0 Å². The number of fused-ring (bicyclic) bond motifs is 1. The van der Waals surface area contributed by atoms with Gasteiger partial charge in [-0.15, -0.1) is 0 Å². The third-order valence-corrected chi connectivity index (χ3v) is 8.84. The van der Waals surface area contributed by atoms with E-state index in [4.69, 9.17) is 9.47 Å². The van der Waals surface area contributed by atoms with Crippen LogP contribution in [0.3, 0.4) is 0 Å². The summed E-state index contributed by atoms with van der Waals surface area (Å²) in [7, 11) is 8.01. The maximum atomic E-state index is 13.0. The Labute approximate surface area is 289 Å². The minimum absolute atomic E-state index is 0.0322. The Morgan fingerprint density at radius 1 is 0.918 bits per heavy atom. The number of nitrogens with one attached hydrogen (secondary N) is 2. The number of hydrogen-bond acceptors (Lipinski definition) is 11. The van der Waals surface area contributed by atoms with Gasteiger partial charge in [-0.2, -0.15) is 9.97 Å². The molecule has 4 rings (SSSR count). The molecular weight excluding hydrogens is 626 g/mol. The Morgan fingerprint density at radius 2 is 1.59 bits per heavy atom. The standard InChI is InChI=1S/C35H55N9O5/c1-40(2)15-8-18-42-20-22-43(23-21-42)19-9-17-41(3)16-7-5-6-10-30(46)36-32-31-33(39-34(38-32)49-25-24-48-4)44(35(47)37-31)26-28-11-13-29(27-45)14-12-28/h11-14,27H,5-10,15-26H2,1-4H3,(H,37,47)(H,36,38,39,46). The van der Waals surface area contributed by atoms with Crippen LogP contribution in [0.2, 0.25) is 0 Å². The van der Waals surface area contributed by atoms with E-state index in [-0.39, 0.29) is 30.9 Å². The number of aldehydes is 1. The van der Waals surface area contributed by atoms with Crippen molar-refractivity contribution in [1.29, 1.82) is 0 Å². The normalized spacial score (nSPS) is 14.2. The Morgan fingerprint density at radius 3 is 2.24 bits per heavy atom. The lowest BCUT2D eigenvalue weighted by Crippen LogP contribution is -2.47. The van der Waals surface area contributed by atoms with Crippen LogP contribution in [0.4, 0.5) is 5.82 Å². The molecule has 3 heterocycles. The smallest absolute Gasteiger partial charge is 0.328 e. The highest BCUT2D eigenvalue weighted by atomic mass is 16.5. The minimum atomic E-state index is -0.397. The molecule has 2 N–H and O–H groups in total. The third kappa shape index (κ3) is 12.6. The molecule has 2 aromatic heterocycles. The molecule has 0 aliphatic carbocycles. The van der Waals surface area contributed by atoms with Gasteiger partial charge in [-0.1, -0.05) is 30.7 Å². The number of methoxy groups -OCH3 is 1. The number of unbranched alkanes of at least 4 members (excludes halogenated alkanes) is 2. The van der Waals surface area contributed by atoms with Gasteiger partial charge in [-0.05, 0) is 85.1 Å². The van der Waals surface area contributed by atoms with Crippen molar-refractivity contribution < 1.29 is 19.1 Å². The van der Waals surface area contributed by atoms with Gasteiger partial charge in [0.2, 0.25) is 5.91 Å². The van der Waals surface area contributed by atoms with Crippen molar-refractivity contribution >= 4 is 29.2 Å². The molecule has 1 saturated heterocycles. The number of carbonyl (C=O) groups excluding carboxylic acids is 2. The van der Waals surface area contributed by atoms with Crippen molar-refractivity contribution in [2.45, 2.75) is 45.1 Å². The average molecular weight is 682 g/mol. The van der Waals surface area contributed by atoms with Gasteiger partial charge in [-0.3, -0.25) is 14.2 Å². The van der Waals surface area contributed by atoms with E-state index in [0.29, 0.717) is 29.8 Å². The summed E-state index contributed by atoms with van der Waals surface area (Å²) in [4.78, 5) is 58.5. The summed E-state index contributed by atoms with van der Waals surface area (Å²) in [5.74, 6) is 0.00656. The molecule has 270 valence electrons. The van der Waals surface area contributed by atoms with Gasteiger partial charge in [0.25, 0.3) is 0 Å². The van der Waals surface area contributed by atoms with Crippen LogP contribution in [0.1, 0.15) is 54.4 Å². The molecule has 0 spiro atoms. The van der Waals surface area contributed by atoms with Gasteiger partial charge >= 0.3 is 11.7 Å². The largest absolute Gasteiger partial charge is 0.461 e. The highest BCUT2D eigenvalue weighted by Gasteiger charge is 2.19. The summed E-state index contributed by atoms with van der Waals surface area (Å²) in [5.41, 5.74) is 1.59. The van der Waals surface area contributed by atoms with Gasteiger partial charge in [-0.25, -0.2) is 4.79 Å². The molecule has 0 unspecified atom stereocenters. The van der Waals surface area contributed by atoms with Crippen LogP contribution in [0.5, 0.6) is 6.01 Å². The van der Waals surface area contributed by atoms with E-state index in [2.05, 4.69) is 61.0 Å². The molecule has 14 nitrogen and oxygen atoms in total. The zero-order valence-electron chi connectivity index (χ0n) is 29.8. The Hall–Kier alpha value is -3.69. The first-order valence-electron chi connectivity index (χ1n) is 17.5. The second-order valence-corrected chi connectivity index (χ2v) is 13.1. The topological polar surface area (TPSA) is 141 Å². The number of aromatic nitrogens is 4. The Balaban J connectivity index is 1.20. The maximum Gasteiger partial charge on any atom is 0.328 e. The first kappa shape index (κ1) is 38.1. The predicted octanol–water partition coefficient (Wildman–Crippen LogP) is 2.40. The van der Waals surface area contributed by atoms with E-state index in [1.54, 1.807) is 31.4 Å². The lowest BCUT2D eigenvalue weighted by Gasteiger charge is -2.35. The number of rotatable bonds is 22. The van der Waals surface area contributed by atoms with Crippen molar-refractivity contribution in [3.63, 3.8) is 0 Å². The second kappa shape index (κ2) is 20.1. The SMILES string of the molecule is COCCOc1nc(NC(=O)CCCCCN(C)CCCN2CCN(CCCN(C)C)CC2)c2[nH]c(=O)n(Cc3ccc(C=O)cc3)c2n1. The molecule has 1 aliphatic heterocycles. The lowest BCUT2D eigenvalue weighted by molar-refractivity contribution is -0.116. The zero-order valence-corrected chi connectivity index (χ0v) is 29.8. The monoisotopic (exact) mass is 681 g/mol. The van der Waals surface area contributed by atoms with Crippen molar-refractivity contribution in [2.75, 3.05) is 106 Å². The first-order valence-corrected chi connectivity index (χ1v) is 17.5. The third-order valence-electron chi connectivity index (χ3n) is 8.84. The molecule has 1 aliphatic rings. The van der Waals surface area contributed by atoms with Gasteiger partial charge in [0.1, 0.15) is 18.4 Å². The van der Waals surface area contributed by atoms with Crippen LogP contribution in [-0.4, -0.2) is 152 Å². The summed E-state index contributed by atoms with van der Waals surface area (Å²) >= 11 is 0. The molecule has 0 radical (unpaired) electrons. The second-order valence-electron chi connectivity index (χ2n) is 13.1. The van der Waals surface area contributed by atoms with E-state index in [1.165, 1.54) is 37.0 Å². The highest BCUT2D eigenvalue weighted by Crippen LogP contribution is 2.22. The summed E-state index contributed by atoms with van der Waals surface area (Å²) in [6.07, 6.45) is 6.22. The summed E-state index contributed by atoms with van der Waals surface area (Å²) in [6.45, 7) is 11.0. The van der Waals surface area contributed by atoms with Crippen LogP contribution in [-0.2, 0) is 16.1 Å². The van der Waals surface area contributed by atoms with E-state index >= 15 is 0 Å². The number of hydrogen-bond donors (Lipinski definition) is 2. The minimum Gasteiger partial charge on any atom is -0.461 e. The molecule has 0 saturated carbocycles. The summed E-state index contributed by atoms with van der Waals surface area (Å²) in [5, 5.41) is 2.87. The van der Waals surface area contributed by atoms with Gasteiger partial charge in [0.15, 0.2) is 11.5 Å². The molecule has 1 aromatic carbocycles. The van der Waals surface area contributed by atoms with Crippen molar-refractivity contribution in [1.82, 2.24) is 39.1 Å². The fourth-order valence-electron chi connectivity index (χ4n) is 5.97. The van der Waals surface area contributed by atoms with Gasteiger partial charge in [0, 0.05) is 45.3 Å². The van der Waals surface area contributed by atoms with Gasteiger partial charge < -0.3 is 39.4 Å². The highest BCUT2D eigenvalue weighted by molar-refractivity contribution is 5.97.